The number of anilines is 1. The molecule has 0 unspecified atom stereocenters. The van der Waals surface area contributed by atoms with Gasteiger partial charge in [-0.2, -0.15) is 4.98 Å². The summed E-state index contributed by atoms with van der Waals surface area (Å²) in [5, 5.41) is 17.6. The largest absolute Gasteiger partial charge is 0.496 e. The smallest absolute Gasteiger partial charge is 0.275 e. The Morgan fingerprint density at radius 3 is 2.85 bits per heavy atom. The third kappa shape index (κ3) is 3.44. The molecular formula is C12H14N4O4. The van der Waals surface area contributed by atoms with Crippen LogP contribution in [0.2, 0.25) is 0 Å². The Balaban J connectivity index is 2.01. The first-order valence-corrected chi connectivity index (χ1v) is 5.95. The minimum atomic E-state index is -0.462. The van der Waals surface area contributed by atoms with Gasteiger partial charge < -0.3 is 14.6 Å². The van der Waals surface area contributed by atoms with E-state index in [-0.39, 0.29) is 5.69 Å². The molecule has 0 fully saturated rings. The molecule has 106 valence electrons. The Morgan fingerprint density at radius 2 is 2.25 bits per heavy atom. The van der Waals surface area contributed by atoms with Crippen molar-refractivity contribution < 1.29 is 14.2 Å². The predicted molar refractivity (Wildman–Crippen MR) is 70.9 cm³/mol. The standard InChI is InChI=1S/C12H14N4O4/c1-8-14-12(15-20-8)3-4-13-9-5-10(16(17)18)7-11(6-9)19-2/h5-7,13H,3-4H2,1-2H3. The molecule has 0 atom stereocenters. The van der Waals surface area contributed by atoms with Crippen molar-refractivity contribution in [1.82, 2.24) is 10.1 Å². The number of aryl methyl sites for hydroxylation is 1. The van der Waals surface area contributed by atoms with E-state index in [1.807, 2.05) is 0 Å². The van der Waals surface area contributed by atoms with Crippen LogP contribution in [0.3, 0.4) is 0 Å². The molecule has 0 saturated carbocycles. The summed E-state index contributed by atoms with van der Waals surface area (Å²) in [6.45, 7) is 2.25. The fourth-order valence-electron chi connectivity index (χ4n) is 1.67. The number of non-ortho nitro benzene ring substituents is 1. The number of nitrogens with one attached hydrogen (secondary N) is 1. The van der Waals surface area contributed by atoms with Gasteiger partial charge in [-0.05, 0) is 0 Å². The predicted octanol–water partition coefficient (Wildman–Crippen LogP) is 1.95. The van der Waals surface area contributed by atoms with Crippen LogP contribution in [0.4, 0.5) is 11.4 Å². The molecule has 1 aromatic heterocycles. The van der Waals surface area contributed by atoms with E-state index in [0.29, 0.717) is 36.1 Å². The Hall–Kier alpha value is -2.64. The van der Waals surface area contributed by atoms with Crippen molar-refractivity contribution in [2.45, 2.75) is 13.3 Å². The zero-order valence-electron chi connectivity index (χ0n) is 11.1. The third-order valence-electron chi connectivity index (χ3n) is 2.59. The zero-order valence-corrected chi connectivity index (χ0v) is 11.1. The van der Waals surface area contributed by atoms with E-state index in [9.17, 15) is 10.1 Å². The van der Waals surface area contributed by atoms with Gasteiger partial charge in [0, 0.05) is 37.7 Å². The summed E-state index contributed by atoms with van der Waals surface area (Å²) in [6, 6.07) is 4.51. The fourth-order valence-corrected chi connectivity index (χ4v) is 1.67. The van der Waals surface area contributed by atoms with Crippen molar-refractivity contribution in [3.8, 4) is 5.75 Å². The summed E-state index contributed by atoms with van der Waals surface area (Å²) in [5.41, 5.74) is 0.582. The van der Waals surface area contributed by atoms with Gasteiger partial charge in [0.15, 0.2) is 5.82 Å². The van der Waals surface area contributed by atoms with Crippen LogP contribution in [0.1, 0.15) is 11.7 Å². The van der Waals surface area contributed by atoms with Gasteiger partial charge in [-0.15, -0.1) is 0 Å². The maximum atomic E-state index is 10.8. The SMILES string of the molecule is COc1cc(NCCc2noc(C)n2)cc([N+](=O)[O-])c1. The Bertz CT molecular complexity index is 611. The van der Waals surface area contributed by atoms with E-state index >= 15 is 0 Å². The van der Waals surface area contributed by atoms with E-state index in [1.54, 1.807) is 13.0 Å². The van der Waals surface area contributed by atoms with Crippen molar-refractivity contribution >= 4 is 11.4 Å². The van der Waals surface area contributed by atoms with Gasteiger partial charge >= 0.3 is 0 Å². The first kappa shape index (κ1) is 13.8. The first-order chi connectivity index (χ1) is 9.58. The number of rotatable bonds is 6. The summed E-state index contributed by atoms with van der Waals surface area (Å²) in [4.78, 5) is 14.4. The monoisotopic (exact) mass is 278 g/mol. The number of nitro groups is 1. The number of hydrogen-bond acceptors (Lipinski definition) is 7. The van der Waals surface area contributed by atoms with Crippen molar-refractivity contribution in [3.05, 3.63) is 40.0 Å². The summed E-state index contributed by atoms with van der Waals surface area (Å²) in [5.74, 6) is 1.53. The zero-order chi connectivity index (χ0) is 14.5. The van der Waals surface area contributed by atoms with Gasteiger partial charge in [0.2, 0.25) is 5.89 Å². The Kier molecular flexibility index (Phi) is 4.14. The first-order valence-electron chi connectivity index (χ1n) is 5.95. The van der Waals surface area contributed by atoms with Crippen LogP contribution in [0.5, 0.6) is 5.75 Å². The van der Waals surface area contributed by atoms with Gasteiger partial charge in [0.1, 0.15) is 5.75 Å². The summed E-state index contributed by atoms with van der Waals surface area (Å²) < 4.78 is 9.89. The quantitative estimate of drug-likeness (QED) is 0.636. The second kappa shape index (κ2) is 6.00. The van der Waals surface area contributed by atoms with Crippen LogP contribution >= 0.6 is 0 Å². The summed E-state index contributed by atoms with van der Waals surface area (Å²) >= 11 is 0. The van der Waals surface area contributed by atoms with Crippen LogP contribution in [0.25, 0.3) is 0 Å². The number of aromatic nitrogens is 2. The lowest BCUT2D eigenvalue weighted by molar-refractivity contribution is -0.384. The number of methoxy groups -OCH3 is 1. The van der Waals surface area contributed by atoms with E-state index in [2.05, 4.69) is 15.5 Å². The van der Waals surface area contributed by atoms with Crippen LogP contribution in [-0.2, 0) is 6.42 Å². The van der Waals surface area contributed by atoms with E-state index in [1.165, 1.54) is 19.2 Å². The van der Waals surface area contributed by atoms with Crippen LogP contribution in [0, 0.1) is 17.0 Å². The van der Waals surface area contributed by atoms with E-state index in [0.717, 1.165) is 0 Å². The molecule has 0 aliphatic heterocycles. The normalized spacial score (nSPS) is 10.3. The van der Waals surface area contributed by atoms with Gasteiger partial charge in [-0.25, -0.2) is 0 Å². The van der Waals surface area contributed by atoms with Gasteiger partial charge in [0.25, 0.3) is 5.69 Å². The van der Waals surface area contributed by atoms with Gasteiger partial charge in [0.05, 0.1) is 18.1 Å². The summed E-state index contributed by atoms with van der Waals surface area (Å²) in [6.07, 6.45) is 0.558. The van der Waals surface area contributed by atoms with Crippen LogP contribution in [0.15, 0.2) is 22.7 Å². The minimum Gasteiger partial charge on any atom is -0.496 e. The molecule has 1 aromatic carbocycles. The van der Waals surface area contributed by atoms with Crippen molar-refractivity contribution in [2.24, 2.45) is 0 Å². The number of ether oxygens (including phenoxy) is 1. The second-order valence-electron chi connectivity index (χ2n) is 4.08. The molecule has 0 aliphatic rings. The van der Waals surface area contributed by atoms with Gasteiger partial charge in [-0.3, -0.25) is 10.1 Å². The molecule has 1 N–H and O–H groups in total. The molecule has 1 heterocycles. The number of benzene rings is 1. The Labute approximate surface area is 114 Å². The van der Waals surface area contributed by atoms with Crippen molar-refractivity contribution in [3.63, 3.8) is 0 Å². The maximum Gasteiger partial charge on any atom is 0.275 e. The molecule has 0 spiro atoms. The molecule has 2 rings (SSSR count). The third-order valence-corrected chi connectivity index (χ3v) is 2.59. The van der Waals surface area contributed by atoms with Gasteiger partial charge in [-0.1, -0.05) is 5.16 Å². The minimum absolute atomic E-state index is 0.0257. The molecular weight excluding hydrogens is 264 g/mol. The molecule has 0 aliphatic carbocycles. The van der Waals surface area contributed by atoms with E-state index < -0.39 is 4.92 Å². The Morgan fingerprint density at radius 1 is 1.45 bits per heavy atom. The highest BCUT2D eigenvalue weighted by Gasteiger charge is 2.10. The number of hydrogen-bond donors (Lipinski definition) is 1. The molecule has 20 heavy (non-hydrogen) atoms. The number of nitrogens with zero attached hydrogens (tertiary/aromatic N) is 3. The fraction of sp³-hybridized carbons (Fsp3) is 0.333. The highest BCUT2D eigenvalue weighted by Crippen LogP contribution is 2.25. The highest BCUT2D eigenvalue weighted by atomic mass is 16.6. The van der Waals surface area contributed by atoms with Crippen molar-refractivity contribution in [1.29, 1.82) is 0 Å². The van der Waals surface area contributed by atoms with Crippen LogP contribution < -0.4 is 10.1 Å². The highest BCUT2D eigenvalue weighted by molar-refractivity contribution is 5.56. The second-order valence-corrected chi connectivity index (χ2v) is 4.08. The lowest BCUT2D eigenvalue weighted by atomic mass is 10.2. The number of nitro benzene ring substituents is 1. The molecule has 8 nitrogen and oxygen atoms in total. The molecule has 0 radical (unpaired) electrons. The maximum absolute atomic E-state index is 10.8. The average molecular weight is 278 g/mol. The van der Waals surface area contributed by atoms with Crippen molar-refractivity contribution in [2.75, 3.05) is 19.0 Å². The average Bonchev–Trinajstić information content (AvgIpc) is 2.84. The molecule has 0 amide bonds. The van der Waals surface area contributed by atoms with E-state index in [4.69, 9.17) is 9.26 Å². The molecule has 2 aromatic rings. The van der Waals surface area contributed by atoms with Crippen LogP contribution in [-0.4, -0.2) is 28.7 Å². The molecule has 0 saturated heterocycles. The lowest BCUT2D eigenvalue weighted by Crippen LogP contribution is -2.06. The molecule has 0 bridgehead atoms. The topological polar surface area (TPSA) is 103 Å². The molecule has 8 heteroatoms. The lowest BCUT2D eigenvalue weighted by Gasteiger charge is -2.07. The summed E-state index contributed by atoms with van der Waals surface area (Å²) in [7, 11) is 1.46.